The fourth-order valence-corrected chi connectivity index (χ4v) is 5.37. The number of benzene rings is 2. The predicted octanol–water partition coefficient (Wildman–Crippen LogP) is 4.89. The van der Waals surface area contributed by atoms with E-state index < -0.39 is 12.0 Å². The molecule has 0 unspecified atom stereocenters. The van der Waals surface area contributed by atoms with Crippen molar-refractivity contribution in [2.45, 2.75) is 31.6 Å². The van der Waals surface area contributed by atoms with Gasteiger partial charge in [-0.3, -0.25) is 9.69 Å². The van der Waals surface area contributed by atoms with Gasteiger partial charge < -0.3 is 9.47 Å². The van der Waals surface area contributed by atoms with Gasteiger partial charge >= 0.3 is 5.97 Å². The number of carbonyl (C=O) groups excluding carboxylic acids is 2. The minimum absolute atomic E-state index is 0.0632. The highest BCUT2D eigenvalue weighted by molar-refractivity contribution is 9.10. The quantitative estimate of drug-likeness (QED) is 0.513. The van der Waals surface area contributed by atoms with Gasteiger partial charge in [0.05, 0.1) is 36.3 Å². The number of hydrogen-bond acceptors (Lipinski definition) is 6. The Kier molecular flexibility index (Phi) is 6.71. The average molecular weight is 515 g/mol. The maximum atomic E-state index is 13.6. The molecule has 166 valence electrons. The Morgan fingerprint density at radius 3 is 2.47 bits per heavy atom. The standard InChI is InChI=1S/C24H23BrN2O4S/c1-4-31-23(29)20-14(2)26-24-27(21(20)16-7-11-18(30-3)12-8-16)22(28)19(32-24)13-15-5-9-17(25)10-6-15/h5-12,19,21H,4,13H2,1-3H3/t19-,21-/m0/s1. The lowest BCUT2D eigenvalue weighted by Crippen LogP contribution is -2.41. The fourth-order valence-electron chi connectivity index (χ4n) is 3.87. The Balaban J connectivity index is 1.71. The summed E-state index contributed by atoms with van der Waals surface area (Å²) in [6.07, 6.45) is 0.579. The molecule has 1 saturated heterocycles. The number of amidine groups is 1. The van der Waals surface area contributed by atoms with Crippen LogP contribution < -0.4 is 4.74 Å². The van der Waals surface area contributed by atoms with Gasteiger partial charge in [-0.25, -0.2) is 9.79 Å². The zero-order valence-corrected chi connectivity index (χ0v) is 20.4. The predicted molar refractivity (Wildman–Crippen MR) is 129 cm³/mol. The second-order valence-electron chi connectivity index (χ2n) is 7.43. The van der Waals surface area contributed by atoms with E-state index in [9.17, 15) is 9.59 Å². The van der Waals surface area contributed by atoms with Gasteiger partial charge in [0.25, 0.3) is 0 Å². The molecule has 0 N–H and O–H groups in total. The fraction of sp³-hybridized carbons (Fsp3) is 0.292. The molecular weight excluding hydrogens is 492 g/mol. The lowest BCUT2D eigenvalue weighted by molar-refractivity contribution is -0.139. The number of halogens is 1. The second-order valence-corrected chi connectivity index (χ2v) is 9.52. The molecule has 32 heavy (non-hydrogen) atoms. The van der Waals surface area contributed by atoms with Crippen LogP contribution in [0.25, 0.3) is 0 Å². The first-order chi connectivity index (χ1) is 15.4. The third kappa shape index (κ3) is 4.34. The number of thioether (sulfide) groups is 1. The van der Waals surface area contributed by atoms with Crippen LogP contribution in [0.15, 0.2) is 69.3 Å². The molecule has 0 saturated carbocycles. The summed E-state index contributed by atoms with van der Waals surface area (Å²) in [5, 5.41) is 0.300. The van der Waals surface area contributed by atoms with Crippen LogP contribution >= 0.6 is 27.7 Å². The monoisotopic (exact) mass is 514 g/mol. The Morgan fingerprint density at radius 2 is 1.84 bits per heavy atom. The molecule has 2 atom stereocenters. The number of esters is 1. The molecule has 0 radical (unpaired) electrons. The van der Waals surface area contributed by atoms with Crippen molar-refractivity contribution in [2.75, 3.05) is 13.7 Å². The van der Waals surface area contributed by atoms with E-state index in [0.717, 1.165) is 15.6 Å². The summed E-state index contributed by atoms with van der Waals surface area (Å²) in [7, 11) is 1.60. The topological polar surface area (TPSA) is 68.2 Å². The number of fused-ring (bicyclic) bond motifs is 1. The number of nitrogens with zero attached hydrogens (tertiary/aromatic N) is 2. The molecular formula is C24H23BrN2O4S. The van der Waals surface area contributed by atoms with Crippen LogP contribution in [-0.4, -0.2) is 40.9 Å². The number of aliphatic imine (C=N–C) groups is 1. The molecule has 8 heteroatoms. The Hall–Kier alpha value is -2.58. The van der Waals surface area contributed by atoms with Gasteiger partial charge in [0, 0.05) is 4.47 Å². The number of carbonyl (C=O) groups is 2. The van der Waals surface area contributed by atoms with Crippen molar-refractivity contribution in [1.29, 1.82) is 0 Å². The maximum Gasteiger partial charge on any atom is 0.338 e. The largest absolute Gasteiger partial charge is 0.497 e. The minimum atomic E-state index is -0.595. The highest BCUT2D eigenvalue weighted by atomic mass is 79.9. The van der Waals surface area contributed by atoms with Crippen molar-refractivity contribution >= 4 is 44.7 Å². The van der Waals surface area contributed by atoms with Crippen molar-refractivity contribution < 1.29 is 19.1 Å². The van der Waals surface area contributed by atoms with Gasteiger partial charge in [-0.15, -0.1) is 0 Å². The normalized spacial score (nSPS) is 20.2. The van der Waals surface area contributed by atoms with Crippen molar-refractivity contribution in [1.82, 2.24) is 4.90 Å². The van der Waals surface area contributed by atoms with Crippen molar-refractivity contribution in [3.63, 3.8) is 0 Å². The van der Waals surface area contributed by atoms with Crippen LogP contribution in [0.5, 0.6) is 5.75 Å². The summed E-state index contributed by atoms with van der Waals surface area (Å²) >= 11 is 4.89. The SMILES string of the molecule is CCOC(=O)C1=C(C)N=C2S[C@@H](Cc3ccc(Br)cc3)C(=O)N2[C@H]1c1ccc(OC)cc1. The first kappa shape index (κ1) is 22.6. The summed E-state index contributed by atoms with van der Waals surface area (Å²) in [5.41, 5.74) is 2.83. The van der Waals surface area contributed by atoms with E-state index >= 15 is 0 Å². The van der Waals surface area contributed by atoms with Crippen molar-refractivity contribution in [3.8, 4) is 5.75 Å². The lowest BCUT2D eigenvalue weighted by atomic mass is 9.94. The minimum Gasteiger partial charge on any atom is -0.497 e. The maximum absolute atomic E-state index is 13.6. The van der Waals surface area contributed by atoms with E-state index in [1.807, 2.05) is 48.5 Å². The van der Waals surface area contributed by atoms with Crippen LogP contribution in [0.2, 0.25) is 0 Å². The first-order valence-corrected chi connectivity index (χ1v) is 11.9. The second kappa shape index (κ2) is 9.50. The Bertz CT molecular complexity index is 1100. The molecule has 0 spiro atoms. The number of ether oxygens (including phenoxy) is 2. The molecule has 2 heterocycles. The van der Waals surface area contributed by atoms with Crippen molar-refractivity contribution in [3.05, 3.63) is 75.4 Å². The summed E-state index contributed by atoms with van der Waals surface area (Å²) in [5.74, 6) is 0.182. The van der Waals surface area contributed by atoms with Gasteiger partial charge in [-0.05, 0) is 55.7 Å². The number of methoxy groups -OCH3 is 1. The summed E-state index contributed by atoms with van der Waals surface area (Å²) < 4.78 is 11.6. The molecule has 2 aliphatic rings. The van der Waals surface area contributed by atoms with Crippen LogP contribution in [-0.2, 0) is 20.7 Å². The third-order valence-electron chi connectivity index (χ3n) is 5.41. The number of hydrogen-bond donors (Lipinski definition) is 0. The number of amides is 1. The molecule has 1 amide bonds. The molecule has 4 rings (SSSR count). The summed E-state index contributed by atoms with van der Waals surface area (Å²) in [6.45, 7) is 3.80. The van der Waals surface area contributed by atoms with Gasteiger partial charge in [-0.1, -0.05) is 52.0 Å². The molecule has 0 aliphatic carbocycles. The Labute approximate surface area is 199 Å². The van der Waals surface area contributed by atoms with Crippen LogP contribution in [0.4, 0.5) is 0 Å². The lowest BCUT2D eigenvalue weighted by Gasteiger charge is -2.33. The highest BCUT2D eigenvalue weighted by Crippen LogP contribution is 2.44. The van der Waals surface area contributed by atoms with Crippen molar-refractivity contribution in [2.24, 2.45) is 4.99 Å². The van der Waals surface area contributed by atoms with Gasteiger partial charge in [-0.2, -0.15) is 0 Å². The first-order valence-electron chi connectivity index (χ1n) is 10.3. The van der Waals surface area contributed by atoms with Crippen LogP contribution in [0.3, 0.4) is 0 Å². The zero-order chi connectivity index (χ0) is 22.8. The van der Waals surface area contributed by atoms with Crippen LogP contribution in [0.1, 0.15) is 31.0 Å². The van der Waals surface area contributed by atoms with E-state index in [1.165, 1.54) is 11.8 Å². The molecule has 2 aliphatic heterocycles. The molecule has 0 bridgehead atoms. The molecule has 2 aromatic carbocycles. The molecule has 6 nitrogen and oxygen atoms in total. The highest BCUT2D eigenvalue weighted by Gasteiger charge is 2.47. The van der Waals surface area contributed by atoms with Gasteiger partial charge in [0.15, 0.2) is 5.17 Å². The van der Waals surface area contributed by atoms with E-state index in [4.69, 9.17) is 9.47 Å². The number of rotatable bonds is 6. The summed E-state index contributed by atoms with van der Waals surface area (Å²) in [6, 6.07) is 14.7. The molecule has 2 aromatic rings. The third-order valence-corrected chi connectivity index (χ3v) is 7.09. The van der Waals surface area contributed by atoms with Crippen LogP contribution in [0, 0.1) is 0 Å². The van der Waals surface area contributed by atoms with E-state index in [1.54, 1.807) is 25.9 Å². The zero-order valence-electron chi connectivity index (χ0n) is 18.0. The van der Waals surface area contributed by atoms with E-state index in [0.29, 0.717) is 28.6 Å². The van der Waals surface area contributed by atoms with Gasteiger partial charge in [0.2, 0.25) is 5.91 Å². The van der Waals surface area contributed by atoms with Gasteiger partial charge in [0.1, 0.15) is 5.75 Å². The van der Waals surface area contributed by atoms with E-state index in [-0.39, 0.29) is 17.8 Å². The van der Waals surface area contributed by atoms with E-state index in [2.05, 4.69) is 20.9 Å². The number of allylic oxidation sites excluding steroid dienone is 1. The molecule has 0 aromatic heterocycles. The molecule has 1 fully saturated rings. The average Bonchev–Trinajstić information content (AvgIpc) is 3.09. The summed E-state index contributed by atoms with van der Waals surface area (Å²) in [4.78, 5) is 32.7. The Morgan fingerprint density at radius 1 is 1.16 bits per heavy atom. The smallest absolute Gasteiger partial charge is 0.338 e.